The maximum absolute atomic E-state index is 13.3. The molecule has 20 heavy (non-hydrogen) atoms. The monoisotopic (exact) mass is 333 g/mol. The van der Waals surface area contributed by atoms with E-state index in [9.17, 15) is 4.39 Å². The van der Waals surface area contributed by atoms with E-state index >= 15 is 0 Å². The van der Waals surface area contributed by atoms with E-state index in [0.717, 1.165) is 11.1 Å². The molecule has 1 aliphatic carbocycles. The molecule has 1 aliphatic rings. The molecule has 104 valence electrons. The highest BCUT2D eigenvalue weighted by molar-refractivity contribution is 9.10. The second-order valence-electron chi connectivity index (χ2n) is 5.45. The lowest BCUT2D eigenvalue weighted by atomic mass is 9.79. The second kappa shape index (κ2) is 5.66. The fourth-order valence-corrected chi connectivity index (χ4v) is 3.04. The van der Waals surface area contributed by atoms with Crippen LogP contribution in [0.3, 0.4) is 0 Å². The molecule has 0 bridgehead atoms. The van der Waals surface area contributed by atoms with Gasteiger partial charge in [0.25, 0.3) is 0 Å². The van der Waals surface area contributed by atoms with Gasteiger partial charge in [-0.2, -0.15) is 0 Å². The molecule has 1 saturated carbocycles. The van der Waals surface area contributed by atoms with E-state index in [1.54, 1.807) is 12.1 Å². The van der Waals surface area contributed by atoms with Crippen LogP contribution in [-0.4, -0.2) is 0 Å². The average Bonchev–Trinajstić information content (AvgIpc) is 2.39. The van der Waals surface area contributed by atoms with Crippen LogP contribution in [0.4, 0.5) is 4.39 Å². The van der Waals surface area contributed by atoms with Crippen LogP contribution in [0.2, 0.25) is 0 Å². The summed E-state index contributed by atoms with van der Waals surface area (Å²) in [6, 6.07) is 13.2. The van der Waals surface area contributed by atoms with E-state index in [0.29, 0.717) is 10.4 Å². The summed E-state index contributed by atoms with van der Waals surface area (Å²) in [6.45, 7) is 0. The highest BCUT2D eigenvalue weighted by Crippen LogP contribution is 2.37. The van der Waals surface area contributed by atoms with Crippen LogP contribution in [0, 0.1) is 5.82 Å². The lowest BCUT2D eigenvalue weighted by Crippen LogP contribution is -2.14. The first-order chi connectivity index (χ1) is 9.65. The standard InChI is InChI=1S/C17H17BrFN/c18-15-10-14(7-8-16(15)19)17(20)13-6-2-5-12(9-13)11-3-1-4-11/h2,5-11,17H,1,3-4,20H2. The van der Waals surface area contributed by atoms with Crippen LogP contribution in [0.25, 0.3) is 0 Å². The first-order valence-corrected chi connectivity index (χ1v) is 7.75. The van der Waals surface area contributed by atoms with Crippen molar-refractivity contribution < 1.29 is 4.39 Å². The number of halogens is 2. The summed E-state index contributed by atoms with van der Waals surface area (Å²) in [5, 5.41) is 0. The Balaban J connectivity index is 1.89. The minimum absolute atomic E-state index is 0.216. The Morgan fingerprint density at radius 1 is 1.10 bits per heavy atom. The number of nitrogens with two attached hydrogens (primary N) is 1. The first kappa shape index (κ1) is 13.8. The fraction of sp³-hybridized carbons (Fsp3) is 0.294. The SMILES string of the molecule is NC(c1cccc(C2CCC2)c1)c1ccc(F)c(Br)c1. The molecule has 3 rings (SSSR count). The van der Waals surface area contributed by atoms with Crippen molar-refractivity contribution in [2.24, 2.45) is 5.73 Å². The molecule has 2 aromatic rings. The van der Waals surface area contributed by atoms with Crippen molar-refractivity contribution in [2.45, 2.75) is 31.2 Å². The van der Waals surface area contributed by atoms with E-state index in [2.05, 4.69) is 34.1 Å². The Hall–Kier alpha value is -1.19. The number of hydrogen-bond acceptors (Lipinski definition) is 1. The van der Waals surface area contributed by atoms with Gasteiger partial charge in [-0.1, -0.05) is 36.8 Å². The Bertz CT molecular complexity index is 622. The number of benzene rings is 2. The van der Waals surface area contributed by atoms with Gasteiger partial charge >= 0.3 is 0 Å². The van der Waals surface area contributed by atoms with Gasteiger partial charge in [0.15, 0.2) is 0 Å². The van der Waals surface area contributed by atoms with Crippen molar-refractivity contribution in [2.75, 3.05) is 0 Å². The molecular weight excluding hydrogens is 317 g/mol. The highest BCUT2D eigenvalue weighted by atomic mass is 79.9. The van der Waals surface area contributed by atoms with Crippen molar-refractivity contribution in [3.63, 3.8) is 0 Å². The largest absolute Gasteiger partial charge is 0.320 e. The van der Waals surface area contributed by atoms with Crippen molar-refractivity contribution in [1.29, 1.82) is 0 Å². The van der Waals surface area contributed by atoms with E-state index < -0.39 is 0 Å². The minimum Gasteiger partial charge on any atom is -0.320 e. The smallest absolute Gasteiger partial charge is 0.137 e. The van der Waals surface area contributed by atoms with E-state index in [4.69, 9.17) is 5.73 Å². The zero-order chi connectivity index (χ0) is 14.1. The van der Waals surface area contributed by atoms with E-state index in [1.807, 2.05) is 6.07 Å². The summed E-state index contributed by atoms with van der Waals surface area (Å²) in [4.78, 5) is 0. The van der Waals surface area contributed by atoms with Crippen LogP contribution in [0.5, 0.6) is 0 Å². The quantitative estimate of drug-likeness (QED) is 0.848. The highest BCUT2D eigenvalue weighted by Gasteiger charge is 2.20. The van der Waals surface area contributed by atoms with Gasteiger partial charge in [0.2, 0.25) is 0 Å². The van der Waals surface area contributed by atoms with Gasteiger partial charge in [-0.05, 0) is 63.5 Å². The summed E-state index contributed by atoms with van der Waals surface area (Å²) in [6.07, 6.45) is 3.88. The zero-order valence-electron chi connectivity index (χ0n) is 11.2. The summed E-state index contributed by atoms with van der Waals surface area (Å²) >= 11 is 3.21. The summed E-state index contributed by atoms with van der Waals surface area (Å²) in [5.74, 6) is 0.436. The molecule has 1 nitrogen and oxygen atoms in total. The fourth-order valence-electron chi connectivity index (χ4n) is 2.65. The van der Waals surface area contributed by atoms with Crippen molar-refractivity contribution >= 4 is 15.9 Å². The molecule has 0 radical (unpaired) electrons. The predicted molar refractivity (Wildman–Crippen MR) is 83.2 cm³/mol. The Morgan fingerprint density at radius 3 is 2.50 bits per heavy atom. The molecule has 0 heterocycles. The van der Waals surface area contributed by atoms with Crippen molar-refractivity contribution in [3.05, 3.63) is 69.4 Å². The zero-order valence-corrected chi connectivity index (χ0v) is 12.7. The van der Waals surface area contributed by atoms with Gasteiger partial charge in [-0.15, -0.1) is 0 Å². The van der Waals surface area contributed by atoms with Gasteiger partial charge < -0.3 is 5.73 Å². The van der Waals surface area contributed by atoms with Gasteiger partial charge in [-0.3, -0.25) is 0 Å². The van der Waals surface area contributed by atoms with Gasteiger partial charge in [0.1, 0.15) is 5.82 Å². The van der Waals surface area contributed by atoms with Gasteiger partial charge in [-0.25, -0.2) is 4.39 Å². The third-order valence-electron chi connectivity index (χ3n) is 4.15. The summed E-state index contributed by atoms with van der Waals surface area (Å²) in [7, 11) is 0. The summed E-state index contributed by atoms with van der Waals surface area (Å²) < 4.78 is 13.8. The third-order valence-corrected chi connectivity index (χ3v) is 4.76. The first-order valence-electron chi connectivity index (χ1n) is 6.95. The van der Waals surface area contributed by atoms with Crippen LogP contribution in [0.15, 0.2) is 46.9 Å². The molecular formula is C17H17BrFN. The van der Waals surface area contributed by atoms with Gasteiger partial charge in [0, 0.05) is 0 Å². The van der Waals surface area contributed by atoms with Gasteiger partial charge in [0.05, 0.1) is 10.5 Å². The maximum atomic E-state index is 13.3. The Labute approximate surface area is 127 Å². The lowest BCUT2D eigenvalue weighted by molar-refractivity contribution is 0.419. The van der Waals surface area contributed by atoms with Crippen LogP contribution in [0.1, 0.15) is 47.9 Å². The predicted octanol–water partition coefficient (Wildman–Crippen LogP) is 4.90. The second-order valence-corrected chi connectivity index (χ2v) is 6.30. The molecule has 2 N–H and O–H groups in total. The molecule has 0 aliphatic heterocycles. The van der Waals surface area contributed by atoms with Crippen molar-refractivity contribution in [3.8, 4) is 0 Å². The van der Waals surface area contributed by atoms with Crippen LogP contribution in [-0.2, 0) is 0 Å². The number of rotatable bonds is 3. The molecule has 1 atom stereocenters. The van der Waals surface area contributed by atoms with E-state index in [-0.39, 0.29) is 11.9 Å². The van der Waals surface area contributed by atoms with E-state index in [1.165, 1.54) is 30.9 Å². The van der Waals surface area contributed by atoms with Crippen molar-refractivity contribution in [1.82, 2.24) is 0 Å². The topological polar surface area (TPSA) is 26.0 Å². The number of hydrogen-bond donors (Lipinski definition) is 1. The Morgan fingerprint density at radius 2 is 1.85 bits per heavy atom. The van der Waals surface area contributed by atoms with Crippen LogP contribution >= 0.6 is 15.9 Å². The maximum Gasteiger partial charge on any atom is 0.137 e. The molecule has 0 aromatic heterocycles. The minimum atomic E-state index is -0.260. The molecule has 0 spiro atoms. The molecule has 3 heteroatoms. The normalized spacial score (nSPS) is 16.8. The lowest BCUT2D eigenvalue weighted by Gasteiger charge is -2.26. The average molecular weight is 334 g/mol. The molecule has 0 amide bonds. The molecule has 1 fully saturated rings. The Kier molecular flexibility index (Phi) is 3.90. The summed E-state index contributed by atoms with van der Waals surface area (Å²) in [5.41, 5.74) is 9.71. The molecule has 1 unspecified atom stereocenters. The third kappa shape index (κ3) is 2.65. The van der Waals surface area contributed by atoms with Crippen LogP contribution < -0.4 is 5.73 Å². The molecule has 2 aromatic carbocycles. The molecule has 0 saturated heterocycles.